The maximum absolute atomic E-state index is 12.8. The number of hydrogen-bond acceptors (Lipinski definition) is 8. The number of esters is 2. The highest BCUT2D eigenvalue weighted by Crippen LogP contribution is 2.38. The van der Waals surface area contributed by atoms with E-state index in [1.807, 2.05) is 0 Å². The first-order valence-electron chi connectivity index (χ1n) is 7.10. The monoisotopic (exact) mass is 362 g/mol. The van der Waals surface area contributed by atoms with Gasteiger partial charge in [0.05, 0.1) is 20.9 Å². The third kappa shape index (κ3) is 2.29. The molecule has 2 N–H and O–H groups in total. The fourth-order valence-corrected chi connectivity index (χ4v) is 4.12. The van der Waals surface area contributed by atoms with Crippen LogP contribution in [0.5, 0.6) is 0 Å². The first-order chi connectivity index (χ1) is 11.8. The molecule has 0 saturated carbocycles. The summed E-state index contributed by atoms with van der Waals surface area (Å²) in [5.41, 5.74) is 0.301. The van der Waals surface area contributed by atoms with Gasteiger partial charge in [-0.25, -0.2) is 18.0 Å². The second kappa shape index (κ2) is 5.20. The topological polar surface area (TPSA) is 127 Å². The molecule has 8 nitrogen and oxygen atoms in total. The lowest BCUT2D eigenvalue weighted by Crippen LogP contribution is -2.05. The fraction of sp³-hybridized carbons (Fsp3) is 0.125. The Morgan fingerprint density at radius 3 is 2.16 bits per heavy atom. The van der Waals surface area contributed by atoms with Gasteiger partial charge in [-0.2, -0.15) is 0 Å². The zero-order valence-electron chi connectivity index (χ0n) is 12.4. The zero-order chi connectivity index (χ0) is 17.9. The Morgan fingerprint density at radius 2 is 1.40 bits per heavy atom. The zero-order valence-corrected chi connectivity index (χ0v) is 13.2. The molecule has 2 aliphatic heterocycles. The molecular weight excluding hydrogens is 352 g/mol. The van der Waals surface area contributed by atoms with Crippen LogP contribution in [0.2, 0.25) is 0 Å². The number of ether oxygens (including phenoxy) is 2. The summed E-state index contributed by atoms with van der Waals surface area (Å²) in [7, 11) is -4.03. The van der Waals surface area contributed by atoms with Gasteiger partial charge in [0.25, 0.3) is 0 Å². The number of rotatable bonds is 2. The van der Waals surface area contributed by atoms with E-state index in [0.717, 1.165) is 6.07 Å². The van der Waals surface area contributed by atoms with E-state index in [0.29, 0.717) is 0 Å². The van der Waals surface area contributed by atoms with Crippen molar-refractivity contribution >= 4 is 21.8 Å². The number of sulfone groups is 1. The van der Waals surface area contributed by atoms with Gasteiger partial charge >= 0.3 is 11.9 Å². The minimum absolute atomic E-state index is 0.00449. The van der Waals surface area contributed by atoms with Crippen molar-refractivity contribution in [2.45, 2.75) is 22.4 Å². The second-order valence-electron chi connectivity index (χ2n) is 5.52. The molecule has 2 aromatic carbocycles. The minimum Gasteiger partial charge on any atom is -0.386 e. The predicted molar refractivity (Wildman–Crippen MR) is 79.1 cm³/mol. The van der Waals surface area contributed by atoms with Crippen molar-refractivity contribution in [2.24, 2.45) is 0 Å². The van der Waals surface area contributed by atoms with Crippen molar-refractivity contribution < 1.29 is 37.7 Å². The number of hydrogen-bond donors (Lipinski definition) is 2. The van der Waals surface area contributed by atoms with E-state index in [-0.39, 0.29) is 32.0 Å². The molecule has 2 aliphatic rings. The van der Waals surface area contributed by atoms with Crippen molar-refractivity contribution in [3.8, 4) is 0 Å². The minimum atomic E-state index is -4.03. The second-order valence-corrected chi connectivity index (χ2v) is 7.47. The van der Waals surface area contributed by atoms with Crippen LogP contribution in [0.15, 0.2) is 46.2 Å². The molecule has 0 saturated heterocycles. The van der Waals surface area contributed by atoms with Gasteiger partial charge in [-0.15, -0.1) is 0 Å². The summed E-state index contributed by atoms with van der Waals surface area (Å²) < 4.78 is 34.8. The SMILES string of the molecule is O=C1OC(=O)c2cc(S(=O)(=O)c3ccc4c(c3)C(O)OC4O)ccc21. The van der Waals surface area contributed by atoms with Crippen LogP contribution < -0.4 is 0 Å². The summed E-state index contributed by atoms with van der Waals surface area (Å²) in [6, 6.07) is 7.28. The van der Waals surface area contributed by atoms with Crippen LogP contribution in [0.1, 0.15) is 44.4 Å². The lowest BCUT2D eigenvalue weighted by Gasteiger charge is -2.08. The Balaban J connectivity index is 1.82. The number of fused-ring (bicyclic) bond motifs is 2. The Labute approximate surface area is 141 Å². The molecule has 2 atom stereocenters. The molecule has 4 rings (SSSR count). The van der Waals surface area contributed by atoms with Crippen LogP contribution in [0, 0.1) is 0 Å². The smallest absolute Gasteiger partial charge is 0.346 e. The third-order valence-corrected chi connectivity index (χ3v) is 5.83. The largest absolute Gasteiger partial charge is 0.386 e. The maximum Gasteiger partial charge on any atom is 0.346 e. The van der Waals surface area contributed by atoms with Gasteiger partial charge in [0.2, 0.25) is 9.84 Å². The van der Waals surface area contributed by atoms with Crippen LogP contribution >= 0.6 is 0 Å². The van der Waals surface area contributed by atoms with Gasteiger partial charge in [-0.05, 0) is 30.3 Å². The van der Waals surface area contributed by atoms with Crippen LogP contribution in [0.3, 0.4) is 0 Å². The quantitative estimate of drug-likeness (QED) is 0.594. The summed E-state index contributed by atoms with van der Waals surface area (Å²) in [4.78, 5) is 22.7. The van der Waals surface area contributed by atoms with Crippen LogP contribution in [-0.2, 0) is 19.3 Å². The molecule has 0 fully saturated rings. The van der Waals surface area contributed by atoms with E-state index in [2.05, 4.69) is 4.74 Å². The molecule has 0 aromatic heterocycles. The Hall–Kier alpha value is -2.59. The van der Waals surface area contributed by atoms with Crippen molar-refractivity contribution in [3.63, 3.8) is 0 Å². The molecule has 0 spiro atoms. The van der Waals surface area contributed by atoms with E-state index < -0.39 is 34.4 Å². The van der Waals surface area contributed by atoms with Gasteiger partial charge in [0, 0.05) is 11.1 Å². The summed E-state index contributed by atoms with van der Waals surface area (Å²) in [5, 5.41) is 19.3. The molecule has 0 aliphatic carbocycles. The average molecular weight is 362 g/mol. The average Bonchev–Trinajstić information content (AvgIpc) is 3.03. The molecule has 0 bridgehead atoms. The van der Waals surface area contributed by atoms with E-state index in [4.69, 9.17) is 4.74 Å². The molecular formula is C16H10O8S. The number of benzene rings is 2. The number of carbonyl (C=O) groups is 2. The number of aliphatic hydroxyl groups is 2. The lowest BCUT2D eigenvalue weighted by atomic mass is 10.1. The van der Waals surface area contributed by atoms with E-state index in [1.54, 1.807) is 0 Å². The lowest BCUT2D eigenvalue weighted by molar-refractivity contribution is -0.193. The highest BCUT2D eigenvalue weighted by molar-refractivity contribution is 7.91. The van der Waals surface area contributed by atoms with Gasteiger partial charge in [0.15, 0.2) is 12.6 Å². The molecule has 2 heterocycles. The van der Waals surface area contributed by atoms with Crippen LogP contribution in [0.4, 0.5) is 0 Å². The summed E-state index contributed by atoms with van der Waals surface area (Å²) in [5.74, 6) is -1.73. The predicted octanol–water partition coefficient (Wildman–Crippen LogP) is 0.842. The molecule has 128 valence electrons. The highest BCUT2D eigenvalue weighted by Gasteiger charge is 2.33. The normalized spacial score (nSPS) is 21.8. The fourth-order valence-electron chi connectivity index (χ4n) is 2.80. The van der Waals surface area contributed by atoms with E-state index in [1.165, 1.54) is 30.3 Å². The molecule has 2 unspecified atom stereocenters. The first kappa shape index (κ1) is 15.9. The number of aliphatic hydroxyl groups excluding tert-OH is 2. The molecule has 9 heteroatoms. The van der Waals surface area contributed by atoms with Crippen molar-refractivity contribution in [1.82, 2.24) is 0 Å². The first-order valence-corrected chi connectivity index (χ1v) is 8.58. The third-order valence-electron chi connectivity index (χ3n) is 4.09. The Bertz CT molecular complexity index is 1040. The Kier molecular flexibility index (Phi) is 3.31. The summed E-state index contributed by atoms with van der Waals surface area (Å²) >= 11 is 0. The molecule has 2 aromatic rings. The summed E-state index contributed by atoms with van der Waals surface area (Å²) in [6.45, 7) is 0. The number of cyclic esters (lactones) is 2. The van der Waals surface area contributed by atoms with Gasteiger partial charge in [-0.3, -0.25) is 0 Å². The van der Waals surface area contributed by atoms with Crippen molar-refractivity contribution in [1.29, 1.82) is 0 Å². The summed E-state index contributed by atoms with van der Waals surface area (Å²) in [6.07, 6.45) is -2.77. The van der Waals surface area contributed by atoms with Gasteiger partial charge in [0.1, 0.15) is 0 Å². The van der Waals surface area contributed by atoms with Gasteiger partial charge < -0.3 is 19.7 Å². The molecule has 0 amide bonds. The van der Waals surface area contributed by atoms with E-state index >= 15 is 0 Å². The van der Waals surface area contributed by atoms with Crippen LogP contribution in [-0.4, -0.2) is 30.6 Å². The number of carbonyl (C=O) groups excluding carboxylic acids is 2. The molecule has 0 radical (unpaired) electrons. The van der Waals surface area contributed by atoms with E-state index in [9.17, 15) is 28.2 Å². The maximum atomic E-state index is 12.8. The van der Waals surface area contributed by atoms with Crippen molar-refractivity contribution in [2.75, 3.05) is 0 Å². The molecule has 25 heavy (non-hydrogen) atoms. The van der Waals surface area contributed by atoms with Crippen LogP contribution in [0.25, 0.3) is 0 Å². The Morgan fingerprint density at radius 1 is 0.800 bits per heavy atom. The highest BCUT2D eigenvalue weighted by atomic mass is 32.2. The van der Waals surface area contributed by atoms with Crippen molar-refractivity contribution in [3.05, 3.63) is 58.7 Å². The van der Waals surface area contributed by atoms with Gasteiger partial charge in [-0.1, -0.05) is 6.07 Å². The standard InChI is InChI=1S/C16H10O8S/c17-13-9-3-1-7(5-11(9)15(19)23-13)25(21,22)8-2-4-10-12(6-8)16(20)24-14(10)18/h1-6,13,15,17,19H.